The van der Waals surface area contributed by atoms with E-state index in [0.717, 1.165) is 40.5 Å². The second-order valence-corrected chi connectivity index (χ2v) is 10.3. The predicted molar refractivity (Wildman–Crippen MR) is 119 cm³/mol. The number of benzene rings is 1. The van der Waals surface area contributed by atoms with Gasteiger partial charge >= 0.3 is 0 Å². The summed E-state index contributed by atoms with van der Waals surface area (Å²) in [6.45, 7) is 1.99. The normalized spacial score (nSPS) is 37.4. The molecule has 1 aromatic carbocycles. The van der Waals surface area contributed by atoms with Crippen LogP contribution < -0.4 is 0 Å². The smallest absolute Gasteiger partial charge is 0.250 e. The molecule has 4 aliphatic carbocycles. The highest BCUT2D eigenvalue weighted by Gasteiger charge is 2.51. The first-order chi connectivity index (χ1) is 15.0. The fraction of sp³-hybridized carbons (Fsp3) is 0.560. The lowest BCUT2D eigenvalue weighted by Crippen LogP contribution is -2.51. The number of rotatable bonds is 2. The lowest BCUT2D eigenvalue weighted by molar-refractivity contribution is -0.132. The molecule has 0 N–H and O–H groups in total. The van der Waals surface area contributed by atoms with Crippen LogP contribution in [0.4, 0.5) is 0 Å². The van der Waals surface area contributed by atoms with Crippen molar-refractivity contribution in [3.8, 4) is 6.07 Å². The number of nitrogens with zero attached hydrogens (tertiary/aromatic N) is 5. The summed E-state index contributed by atoms with van der Waals surface area (Å²) in [5, 5.41) is 15.2. The zero-order valence-corrected chi connectivity index (χ0v) is 17.9. The minimum atomic E-state index is -0.316. The van der Waals surface area contributed by atoms with Crippen molar-refractivity contribution in [3.63, 3.8) is 0 Å². The summed E-state index contributed by atoms with van der Waals surface area (Å²) in [6.07, 6.45) is 8.45. The summed E-state index contributed by atoms with van der Waals surface area (Å²) < 4.78 is 0. The molecule has 1 unspecified atom stereocenters. The van der Waals surface area contributed by atoms with Gasteiger partial charge in [0.05, 0.1) is 40.7 Å². The van der Waals surface area contributed by atoms with Crippen LogP contribution in [0.15, 0.2) is 39.4 Å². The minimum Gasteiger partial charge on any atom is -0.281 e. The van der Waals surface area contributed by atoms with E-state index in [-0.39, 0.29) is 24.0 Å². The van der Waals surface area contributed by atoms with Crippen LogP contribution in [0, 0.1) is 29.1 Å². The maximum absolute atomic E-state index is 12.8. The summed E-state index contributed by atoms with van der Waals surface area (Å²) in [4.78, 5) is 23.1. The van der Waals surface area contributed by atoms with Gasteiger partial charge < -0.3 is 0 Å². The topological polar surface area (TPSA) is 81.2 Å². The number of hydrogen-bond donors (Lipinski definition) is 0. The van der Waals surface area contributed by atoms with Gasteiger partial charge in [-0.1, -0.05) is 12.1 Å². The van der Waals surface area contributed by atoms with Gasteiger partial charge in [0.2, 0.25) is 0 Å². The van der Waals surface area contributed by atoms with Gasteiger partial charge in [-0.3, -0.25) is 14.8 Å². The molecule has 31 heavy (non-hydrogen) atoms. The van der Waals surface area contributed by atoms with Crippen molar-refractivity contribution >= 4 is 23.0 Å². The third-order valence-electron chi connectivity index (χ3n) is 7.94. The molecule has 0 saturated heterocycles. The Morgan fingerprint density at radius 2 is 1.74 bits per heavy atom. The summed E-state index contributed by atoms with van der Waals surface area (Å²) >= 11 is 0. The second kappa shape index (κ2) is 6.85. The summed E-state index contributed by atoms with van der Waals surface area (Å²) in [7, 11) is 0. The monoisotopic (exact) mass is 413 g/mol. The van der Waals surface area contributed by atoms with Crippen molar-refractivity contribution < 1.29 is 4.79 Å². The molecule has 4 bridgehead atoms. The molecule has 0 spiro atoms. The van der Waals surface area contributed by atoms with E-state index in [0.29, 0.717) is 12.0 Å². The molecule has 6 nitrogen and oxygen atoms in total. The van der Waals surface area contributed by atoms with Crippen LogP contribution in [0.25, 0.3) is 0 Å². The van der Waals surface area contributed by atoms with Crippen molar-refractivity contribution in [1.29, 1.82) is 5.26 Å². The fourth-order valence-electron chi connectivity index (χ4n) is 6.99. The summed E-state index contributed by atoms with van der Waals surface area (Å²) in [5.74, 6) is 2.54. The van der Waals surface area contributed by atoms with Gasteiger partial charge in [0, 0.05) is 6.42 Å². The molecule has 0 radical (unpaired) electrons. The lowest BCUT2D eigenvalue weighted by atomic mass is 9.53. The van der Waals surface area contributed by atoms with Crippen molar-refractivity contribution in [2.24, 2.45) is 32.8 Å². The SMILES string of the molecule is CC1=NN2C(=O)CC(c3ccc(C#N)cc3)=NC2CC1=NC12CC3CC(CC(C3)C1)C2. The van der Waals surface area contributed by atoms with E-state index in [1.165, 1.54) is 38.5 Å². The Hall–Kier alpha value is -2.81. The van der Waals surface area contributed by atoms with E-state index in [1.54, 1.807) is 17.1 Å². The van der Waals surface area contributed by atoms with Gasteiger partial charge in [-0.15, -0.1) is 0 Å². The Bertz CT molecular complexity index is 1040. The lowest BCUT2D eigenvalue weighted by Gasteiger charge is -2.55. The first-order valence-corrected chi connectivity index (χ1v) is 11.5. The number of hydrogen-bond acceptors (Lipinski definition) is 5. The van der Waals surface area contributed by atoms with Crippen LogP contribution in [0.3, 0.4) is 0 Å². The molecule has 6 aliphatic rings. The van der Waals surface area contributed by atoms with Crippen molar-refractivity contribution in [1.82, 2.24) is 5.01 Å². The van der Waals surface area contributed by atoms with Crippen LogP contribution in [-0.4, -0.2) is 39.8 Å². The Morgan fingerprint density at radius 3 is 2.35 bits per heavy atom. The number of fused-ring (bicyclic) bond motifs is 1. The van der Waals surface area contributed by atoms with E-state index < -0.39 is 0 Å². The van der Waals surface area contributed by atoms with Crippen LogP contribution in [0.1, 0.15) is 69.4 Å². The molecule has 2 heterocycles. The van der Waals surface area contributed by atoms with Gasteiger partial charge in [0.25, 0.3) is 5.91 Å². The number of hydrazone groups is 1. The Labute approximate surface area is 182 Å². The Morgan fingerprint density at radius 1 is 1.10 bits per heavy atom. The molecule has 2 aliphatic heterocycles. The van der Waals surface area contributed by atoms with Crippen molar-refractivity contribution in [2.75, 3.05) is 0 Å². The molecule has 158 valence electrons. The highest BCUT2D eigenvalue weighted by molar-refractivity contribution is 6.42. The van der Waals surface area contributed by atoms with Gasteiger partial charge in [0.15, 0.2) is 6.17 Å². The maximum atomic E-state index is 12.8. The molecule has 1 atom stereocenters. The Kier molecular flexibility index (Phi) is 4.18. The van der Waals surface area contributed by atoms with Gasteiger partial charge in [-0.2, -0.15) is 10.4 Å². The summed E-state index contributed by atoms with van der Waals surface area (Å²) in [5.41, 5.74) is 4.30. The Balaban J connectivity index is 1.31. The standard InChI is InChI=1S/C25H27N5O/c1-15-21(28-25-11-17-6-18(12-25)8-19(7-17)13-25)9-23-27-22(10-24(31)30(23)29-15)20-4-2-16(14-26)3-5-20/h2-5,17-19,23H,6-13H2,1H3. The molecule has 0 aromatic heterocycles. The first kappa shape index (κ1) is 18.9. The number of carbonyl (C=O) groups excluding carboxylic acids is 1. The predicted octanol–water partition coefficient (Wildman–Crippen LogP) is 4.10. The number of carbonyl (C=O) groups is 1. The molecule has 1 amide bonds. The molecule has 7 rings (SSSR count). The largest absolute Gasteiger partial charge is 0.281 e. The third-order valence-corrected chi connectivity index (χ3v) is 7.94. The van der Waals surface area contributed by atoms with E-state index in [4.69, 9.17) is 15.2 Å². The average molecular weight is 414 g/mol. The highest BCUT2D eigenvalue weighted by atomic mass is 16.2. The number of amides is 1. The van der Waals surface area contributed by atoms with Crippen LogP contribution in [-0.2, 0) is 4.79 Å². The molecule has 4 saturated carbocycles. The number of aliphatic imine (C=N–C) groups is 2. The quantitative estimate of drug-likeness (QED) is 0.732. The molecular weight excluding hydrogens is 386 g/mol. The second-order valence-electron chi connectivity index (χ2n) is 10.3. The maximum Gasteiger partial charge on any atom is 0.250 e. The van der Waals surface area contributed by atoms with E-state index in [1.807, 2.05) is 19.1 Å². The van der Waals surface area contributed by atoms with Gasteiger partial charge in [-0.05, 0) is 80.9 Å². The number of nitriles is 1. The molecule has 4 fully saturated rings. The van der Waals surface area contributed by atoms with Gasteiger partial charge in [0.1, 0.15) is 0 Å². The first-order valence-electron chi connectivity index (χ1n) is 11.5. The molecular formula is C25H27N5O. The summed E-state index contributed by atoms with van der Waals surface area (Å²) in [6, 6.07) is 9.44. The zero-order chi connectivity index (χ0) is 21.2. The van der Waals surface area contributed by atoms with Crippen LogP contribution >= 0.6 is 0 Å². The minimum absolute atomic E-state index is 0.0208. The van der Waals surface area contributed by atoms with Crippen molar-refractivity contribution in [3.05, 3.63) is 35.4 Å². The zero-order valence-electron chi connectivity index (χ0n) is 17.9. The van der Waals surface area contributed by atoms with E-state index in [2.05, 4.69) is 11.2 Å². The molecule has 6 heteroatoms. The average Bonchev–Trinajstić information content (AvgIpc) is 2.74. The van der Waals surface area contributed by atoms with Crippen molar-refractivity contribution in [2.45, 2.75) is 70.0 Å². The van der Waals surface area contributed by atoms with Crippen LogP contribution in [0.2, 0.25) is 0 Å². The van der Waals surface area contributed by atoms with E-state index >= 15 is 0 Å². The highest BCUT2D eigenvalue weighted by Crippen LogP contribution is 2.57. The third kappa shape index (κ3) is 3.22. The van der Waals surface area contributed by atoms with Gasteiger partial charge in [-0.25, -0.2) is 5.01 Å². The van der Waals surface area contributed by atoms with E-state index in [9.17, 15) is 4.79 Å². The fourth-order valence-corrected chi connectivity index (χ4v) is 6.99. The van der Waals surface area contributed by atoms with Crippen LogP contribution in [0.5, 0.6) is 0 Å². The molecule has 1 aromatic rings.